The summed E-state index contributed by atoms with van der Waals surface area (Å²) in [6, 6.07) is 8.23. The number of nitrogens with one attached hydrogen (secondary N) is 3. The van der Waals surface area contributed by atoms with E-state index in [0.29, 0.717) is 16.3 Å². The van der Waals surface area contributed by atoms with Crippen molar-refractivity contribution in [3.8, 4) is 5.75 Å². The first-order chi connectivity index (χ1) is 11.0. The van der Waals surface area contributed by atoms with Crippen molar-refractivity contribution in [1.82, 2.24) is 10.9 Å². The highest BCUT2D eigenvalue weighted by molar-refractivity contribution is 7.14. The van der Waals surface area contributed by atoms with Gasteiger partial charge in [0.05, 0.1) is 12.7 Å². The lowest BCUT2D eigenvalue weighted by Gasteiger charge is -2.08. The van der Waals surface area contributed by atoms with Crippen LogP contribution < -0.4 is 20.9 Å². The molecule has 1 aromatic carbocycles. The summed E-state index contributed by atoms with van der Waals surface area (Å²) in [5.74, 6) is -0.703. The van der Waals surface area contributed by atoms with Crippen LogP contribution in [0.25, 0.3) is 0 Å². The third kappa shape index (κ3) is 4.30. The Hall–Kier alpha value is -2.87. The summed E-state index contributed by atoms with van der Waals surface area (Å²) in [7, 11) is 1.51. The predicted molar refractivity (Wildman–Crippen MR) is 86.5 cm³/mol. The molecule has 0 saturated heterocycles. The van der Waals surface area contributed by atoms with Gasteiger partial charge in [-0.15, -0.1) is 11.3 Å². The third-order valence-corrected chi connectivity index (χ3v) is 3.65. The molecule has 1 aromatic heterocycles. The summed E-state index contributed by atoms with van der Waals surface area (Å²) in [6.07, 6.45) is 0. The van der Waals surface area contributed by atoms with E-state index in [0.717, 1.165) is 0 Å². The first-order valence-corrected chi connectivity index (χ1v) is 7.49. The first-order valence-electron chi connectivity index (χ1n) is 6.61. The van der Waals surface area contributed by atoms with Gasteiger partial charge in [-0.05, 0) is 29.6 Å². The van der Waals surface area contributed by atoms with Gasteiger partial charge in [0.15, 0.2) is 0 Å². The maximum atomic E-state index is 12.3. The Morgan fingerprint density at radius 1 is 1.09 bits per heavy atom. The molecule has 3 N–H and O–H groups in total. The van der Waals surface area contributed by atoms with Crippen LogP contribution in [0.15, 0.2) is 35.7 Å². The molecule has 7 nitrogen and oxygen atoms in total. The lowest BCUT2D eigenvalue weighted by molar-refractivity contribution is -0.119. The maximum absolute atomic E-state index is 12.3. The van der Waals surface area contributed by atoms with Crippen LogP contribution in [-0.4, -0.2) is 24.8 Å². The van der Waals surface area contributed by atoms with Gasteiger partial charge >= 0.3 is 0 Å². The third-order valence-electron chi connectivity index (χ3n) is 2.82. The van der Waals surface area contributed by atoms with Crippen molar-refractivity contribution in [3.05, 3.63) is 46.8 Å². The van der Waals surface area contributed by atoms with Crippen LogP contribution >= 0.6 is 11.3 Å². The van der Waals surface area contributed by atoms with Crippen LogP contribution in [-0.2, 0) is 4.79 Å². The molecule has 0 aliphatic rings. The highest BCUT2D eigenvalue weighted by atomic mass is 32.1. The van der Waals surface area contributed by atoms with Crippen LogP contribution in [0.2, 0.25) is 0 Å². The van der Waals surface area contributed by atoms with Crippen molar-refractivity contribution >= 4 is 34.1 Å². The van der Waals surface area contributed by atoms with Gasteiger partial charge in [0.2, 0.25) is 5.91 Å². The molecule has 0 bridgehead atoms. The number of anilines is 1. The number of hydrogen-bond acceptors (Lipinski definition) is 5. The van der Waals surface area contributed by atoms with Crippen molar-refractivity contribution in [2.45, 2.75) is 6.92 Å². The molecule has 0 atom stereocenters. The minimum Gasteiger partial charge on any atom is -0.497 e. The second-order valence-electron chi connectivity index (χ2n) is 4.48. The molecule has 1 heterocycles. The fourth-order valence-electron chi connectivity index (χ4n) is 1.74. The monoisotopic (exact) mass is 333 g/mol. The number of hydrazine groups is 1. The summed E-state index contributed by atoms with van der Waals surface area (Å²) in [5.41, 5.74) is 5.12. The zero-order valence-electron chi connectivity index (χ0n) is 12.5. The van der Waals surface area contributed by atoms with Gasteiger partial charge < -0.3 is 10.1 Å². The molecule has 23 heavy (non-hydrogen) atoms. The average molecular weight is 333 g/mol. The van der Waals surface area contributed by atoms with E-state index in [-0.39, 0.29) is 11.5 Å². The highest BCUT2D eigenvalue weighted by Gasteiger charge is 2.16. The number of amides is 3. The SMILES string of the molecule is COc1cccc(C(=O)Nc2sccc2C(=O)NNC(C)=O)c1. The van der Waals surface area contributed by atoms with E-state index in [1.165, 1.54) is 25.4 Å². The smallest absolute Gasteiger partial charge is 0.272 e. The Morgan fingerprint density at radius 2 is 1.87 bits per heavy atom. The Labute approximate surface area is 136 Å². The minimum absolute atomic E-state index is 0.264. The van der Waals surface area contributed by atoms with Crippen LogP contribution in [0.3, 0.4) is 0 Å². The van der Waals surface area contributed by atoms with Gasteiger partial charge in [0.1, 0.15) is 10.8 Å². The second-order valence-corrected chi connectivity index (χ2v) is 5.40. The summed E-state index contributed by atoms with van der Waals surface area (Å²) in [6.45, 7) is 1.28. The zero-order valence-corrected chi connectivity index (χ0v) is 13.3. The lowest BCUT2D eigenvalue weighted by Crippen LogP contribution is -2.40. The largest absolute Gasteiger partial charge is 0.497 e. The minimum atomic E-state index is -0.512. The van der Waals surface area contributed by atoms with Gasteiger partial charge in [0.25, 0.3) is 11.8 Å². The second kappa shape index (κ2) is 7.41. The summed E-state index contributed by atoms with van der Waals surface area (Å²) in [5, 5.41) is 4.74. The summed E-state index contributed by atoms with van der Waals surface area (Å²) >= 11 is 1.21. The van der Waals surface area contributed by atoms with E-state index in [2.05, 4.69) is 16.2 Å². The normalized spacial score (nSPS) is 9.83. The Morgan fingerprint density at radius 3 is 2.57 bits per heavy atom. The van der Waals surface area contributed by atoms with E-state index in [1.807, 2.05) is 0 Å². The van der Waals surface area contributed by atoms with Crippen molar-refractivity contribution in [3.63, 3.8) is 0 Å². The van der Waals surface area contributed by atoms with Gasteiger partial charge in [-0.3, -0.25) is 25.2 Å². The molecule has 120 valence electrons. The molecule has 0 saturated carbocycles. The molecule has 0 radical (unpaired) electrons. The van der Waals surface area contributed by atoms with Gasteiger partial charge in [-0.25, -0.2) is 0 Å². The number of hydrogen-bond donors (Lipinski definition) is 3. The standard InChI is InChI=1S/C15H15N3O4S/c1-9(19)17-18-14(21)12-6-7-23-15(12)16-13(20)10-4-3-5-11(8-10)22-2/h3-8H,1-2H3,(H,16,20)(H,17,19)(H,18,21). The topological polar surface area (TPSA) is 96.5 Å². The molecule has 8 heteroatoms. The number of carbonyl (C=O) groups excluding carboxylic acids is 3. The van der Waals surface area contributed by atoms with E-state index >= 15 is 0 Å². The van der Waals surface area contributed by atoms with E-state index < -0.39 is 11.8 Å². The number of ether oxygens (including phenoxy) is 1. The maximum Gasteiger partial charge on any atom is 0.272 e. The Bertz CT molecular complexity index is 742. The predicted octanol–water partition coefficient (Wildman–Crippen LogP) is 1.79. The summed E-state index contributed by atoms with van der Waals surface area (Å²) < 4.78 is 5.07. The van der Waals surface area contributed by atoms with Crippen LogP contribution in [0.5, 0.6) is 5.75 Å². The average Bonchev–Trinajstić information content (AvgIpc) is 3.00. The lowest BCUT2D eigenvalue weighted by atomic mass is 10.2. The van der Waals surface area contributed by atoms with Gasteiger partial charge in [0, 0.05) is 12.5 Å². The molecule has 2 aromatic rings. The molecular formula is C15H15N3O4S. The first kappa shape index (κ1) is 16.5. The van der Waals surface area contributed by atoms with Crippen LogP contribution in [0.4, 0.5) is 5.00 Å². The number of rotatable bonds is 4. The number of thiophene rings is 1. The molecule has 0 aliphatic heterocycles. The van der Waals surface area contributed by atoms with E-state index in [1.54, 1.807) is 35.7 Å². The molecular weight excluding hydrogens is 318 g/mol. The fourth-order valence-corrected chi connectivity index (χ4v) is 2.52. The van der Waals surface area contributed by atoms with Crippen molar-refractivity contribution < 1.29 is 19.1 Å². The Kier molecular flexibility index (Phi) is 5.32. The van der Waals surface area contributed by atoms with E-state index in [9.17, 15) is 14.4 Å². The van der Waals surface area contributed by atoms with Crippen molar-refractivity contribution in [2.75, 3.05) is 12.4 Å². The molecule has 0 spiro atoms. The molecule has 3 amide bonds. The molecule has 2 rings (SSSR count). The van der Waals surface area contributed by atoms with Gasteiger partial charge in [-0.2, -0.15) is 0 Å². The number of methoxy groups -OCH3 is 1. The molecule has 0 fully saturated rings. The quantitative estimate of drug-likeness (QED) is 0.743. The Balaban J connectivity index is 2.11. The van der Waals surface area contributed by atoms with Crippen molar-refractivity contribution in [2.24, 2.45) is 0 Å². The summed E-state index contributed by atoms with van der Waals surface area (Å²) in [4.78, 5) is 35.0. The van der Waals surface area contributed by atoms with Gasteiger partial charge in [-0.1, -0.05) is 6.07 Å². The zero-order chi connectivity index (χ0) is 16.8. The van der Waals surface area contributed by atoms with Crippen molar-refractivity contribution in [1.29, 1.82) is 0 Å². The fraction of sp³-hybridized carbons (Fsp3) is 0.133. The van der Waals surface area contributed by atoms with Crippen LogP contribution in [0, 0.1) is 0 Å². The van der Waals surface area contributed by atoms with E-state index in [4.69, 9.17) is 4.74 Å². The molecule has 0 unspecified atom stereocenters. The number of benzene rings is 1. The van der Waals surface area contributed by atoms with Crippen LogP contribution in [0.1, 0.15) is 27.6 Å². The number of carbonyl (C=O) groups is 3. The highest BCUT2D eigenvalue weighted by Crippen LogP contribution is 2.24. The molecule has 0 aliphatic carbocycles.